The molecule has 0 fully saturated rings. The van der Waals surface area contributed by atoms with Gasteiger partial charge in [0.05, 0.1) is 0 Å². The van der Waals surface area contributed by atoms with Crippen LogP contribution in [-0.2, 0) is 16.1 Å². The standard InChI is InChI=1S/C17H26FN3O2/c1-3-21(4-2)12-11-19-16(22)9-10-17(23)20-13-14-5-7-15(18)8-6-14/h5-8H,3-4,9-13H2,1-2H3,(H,19,22)(H,20,23). The Hall–Kier alpha value is -1.95. The van der Waals surface area contributed by atoms with E-state index in [-0.39, 0.29) is 30.5 Å². The number of carbonyl (C=O) groups excluding carboxylic acids is 2. The number of hydrogen-bond acceptors (Lipinski definition) is 3. The number of nitrogens with zero attached hydrogens (tertiary/aromatic N) is 1. The molecule has 23 heavy (non-hydrogen) atoms. The van der Waals surface area contributed by atoms with E-state index in [0.29, 0.717) is 13.1 Å². The van der Waals surface area contributed by atoms with Gasteiger partial charge in [0.1, 0.15) is 5.82 Å². The molecule has 2 N–H and O–H groups in total. The van der Waals surface area contributed by atoms with Crippen LogP contribution in [0.3, 0.4) is 0 Å². The van der Waals surface area contributed by atoms with Crippen molar-refractivity contribution in [3.8, 4) is 0 Å². The van der Waals surface area contributed by atoms with E-state index in [4.69, 9.17) is 0 Å². The lowest BCUT2D eigenvalue weighted by Crippen LogP contribution is -2.35. The predicted molar refractivity (Wildman–Crippen MR) is 88.3 cm³/mol. The van der Waals surface area contributed by atoms with E-state index in [9.17, 15) is 14.0 Å². The molecule has 0 aliphatic rings. The van der Waals surface area contributed by atoms with Crippen LogP contribution in [0.5, 0.6) is 0 Å². The van der Waals surface area contributed by atoms with Crippen LogP contribution in [0.1, 0.15) is 32.3 Å². The number of amides is 2. The van der Waals surface area contributed by atoms with Crippen molar-refractivity contribution in [3.05, 3.63) is 35.6 Å². The minimum absolute atomic E-state index is 0.117. The summed E-state index contributed by atoms with van der Waals surface area (Å²) in [6.45, 7) is 7.82. The second-order valence-corrected chi connectivity index (χ2v) is 5.28. The van der Waals surface area contributed by atoms with Gasteiger partial charge >= 0.3 is 0 Å². The largest absolute Gasteiger partial charge is 0.355 e. The Morgan fingerprint density at radius 3 is 2.13 bits per heavy atom. The highest BCUT2D eigenvalue weighted by Crippen LogP contribution is 2.02. The number of benzene rings is 1. The Bertz CT molecular complexity index is 487. The Kier molecular flexibility index (Phi) is 8.90. The molecule has 0 aromatic heterocycles. The summed E-state index contributed by atoms with van der Waals surface area (Å²) in [6.07, 6.45) is 0.325. The third-order valence-electron chi connectivity index (χ3n) is 3.63. The van der Waals surface area contributed by atoms with Crippen molar-refractivity contribution in [3.63, 3.8) is 0 Å². The normalized spacial score (nSPS) is 10.6. The first-order valence-corrected chi connectivity index (χ1v) is 8.05. The van der Waals surface area contributed by atoms with Gasteiger partial charge in [0.15, 0.2) is 0 Å². The van der Waals surface area contributed by atoms with Crippen LogP contribution in [0.15, 0.2) is 24.3 Å². The van der Waals surface area contributed by atoms with Crippen molar-refractivity contribution < 1.29 is 14.0 Å². The van der Waals surface area contributed by atoms with Gasteiger partial charge in [-0.15, -0.1) is 0 Å². The van der Waals surface area contributed by atoms with Crippen molar-refractivity contribution in [1.82, 2.24) is 15.5 Å². The molecule has 0 radical (unpaired) electrons. The summed E-state index contributed by atoms with van der Waals surface area (Å²) in [5.41, 5.74) is 0.823. The Morgan fingerprint density at radius 2 is 1.57 bits per heavy atom. The van der Waals surface area contributed by atoms with E-state index in [2.05, 4.69) is 29.4 Å². The second kappa shape index (κ2) is 10.7. The van der Waals surface area contributed by atoms with E-state index < -0.39 is 0 Å². The van der Waals surface area contributed by atoms with E-state index in [1.165, 1.54) is 12.1 Å². The molecule has 0 atom stereocenters. The Labute approximate surface area is 137 Å². The van der Waals surface area contributed by atoms with E-state index in [0.717, 1.165) is 25.2 Å². The highest BCUT2D eigenvalue weighted by molar-refractivity contribution is 5.83. The van der Waals surface area contributed by atoms with Crippen molar-refractivity contribution in [2.45, 2.75) is 33.2 Å². The molecule has 0 saturated heterocycles. The van der Waals surface area contributed by atoms with Crippen molar-refractivity contribution in [2.24, 2.45) is 0 Å². The van der Waals surface area contributed by atoms with Crippen LogP contribution in [0, 0.1) is 5.82 Å². The van der Waals surface area contributed by atoms with Crippen LogP contribution in [0.2, 0.25) is 0 Å². The van der Waals surface area contributed by atoms with E-state index in [1.807, 2.05) is 0 Å². The number of carbonyl (C=O) groups is 2. The molecule has 1 aromatic carbocycles. The van der Waals surface area contributed by atoms with E-state index in [1.54, 1.807) is 12.1 Å². The summed E-state index contributed by atoms with van der Waals surface area (Å²) in [4.78, 5) is 25.6. The lowest BCUT2D eigenvalue weighted by Gasteiger charge is -2.17. The average Bonchev–Trinajstić information content (AvgIpc) is 2.56. The molecule has 0 unspecified atom stereocenters. The summed E-state index contributed by atoms with van der Waals surface area (Å²) in [5.74, 6) is -0.608. The SMILES string of the molecule is CCN(CC)CCNC(=O)CCC(=O)NCc1ccc(F)cc1. The zero-order chi connectivity index (χ0) is 17.1. The molecule has 0 bridgehead atoms. The fourth-order valence-corrected chi connectivity index (χ4v) is 2.10. The van der Waals surface area contributed by atoms with Crippen LogP contribution >= 0.6 is 0 Å². The Balaban J connectivity index is 2.15. The fraction of sp³-hybridized carbons (Fsp3) is 0.529. The zero-order valence-electron chi connectivity index (χ0n) is 13.9. The summed E-state index contributed by atoms with van der Waals surface area (Å²) < 4.78 is 12.8. The van der Waals surface area contributed by atoms with Gasteiger partial charge < -0.3 is 15.5 Å². The highest BCUT2D eigenvalue weighted by Gasteiger charge is 2.07. The Morgan fingerprint density at radius 1 is 1.00 bits per heavy atom. The molecule has 0 aliphatic heterocycles. The van der Waals surface area contributed by atoms with Gasteiger partial charge in [-0.3, -0.25) is 9.59 Å². The second-order valence-electron chi connectivity index (χ2n) is 5.28. The maximum Gasteiger partial charge on any atom is 0.220 e. The number of hydrogen-bond donors (Lipinski definition) is 2. The molecular formula is C17H26FN3O2. The molecule has 0 saturated carbocycles. The number of nitrogens with one attached hydrogen (secondary N) is 2. The molecule has 0 spiro atoms. The maximum absolute atomic E-state index is 12.8. The number of rotatable bonds is 10. The third kappa shape index (κ3) is 8.30. The van der Waals surface area contributed by atoms with Crippen molar-refractivity contribution in [1.29, 1.82) is 0 Å². The fourth-order valence-electron chi connectivity index (χ4n) is 2.10. The average molecular weight is 323 g/mol. The smallest absolute Gasteiger partial charge is 0.220 e. The highest BCUT2D eigenvalue weighted by atomic mass is 19.1. The molecule has 6 heteroatoms. The monoisotopic (exact) mass is 323 g/mol. The van der Waals surface area contributed by atoms with Gasteiger partial charge in [-0.1, -0.05) is 26.0 Å². The molecular weight excluding hydrogens is 297 g/mol. The zero-order valence-corrected chi connectivity index (χ0v) is 13.9. The van der Waals surface area contributed by atoms with Gasteiger partial charge in [0, 0.05) is 32.5 Å². The molecule has 1 rings (SSSR count). The lowest BCUT2D eigenvalue weighted by molar-refractivity contribution is -0.126. The summed E-state index contributed by atoms with van der Waals surface area (Å²) >= 11 is 0. The van der Waals surface area contributed by atoms with Gasteiger partial charge in [-0.05, 0) is 30.8 Å². The van der Waals surface area contributed by atoms with Gasteiger partial charge in [-0.25, -0.2) is 4.39 Å². The van der Waals surface area contributed by atoms with Crippen LogP contribution in [0.4, 0.5) is 4.39 Å². The molecule has 5 nitrogen and oxygen atoms in total. The summed E-state index contributed by atoms with van der Waals surface area (Å²) in [5, 5.41) is 5.53. The van der Waals surface area contributed by atoms with E-state index >= 15 is 0 Å². The molecule has 1 aromatic rings. The minimum atomic E-state index is -0.304. The summed E-state index contributed by atoms with van der Waals surface area (Å²) in [6, 6.07) is 5.95. The quantitative estimate of drug-likeness (QED) is 0.689. The first kappa shape index (κ1) is 19.1. The van der Waals surface area contributed by atoms with Crippen LogP contribution in [-0.4, -0.2) is 42.9 Å². The topological polar surface area (TPSA) is 61.4 Å². The third-order valence-corrected chi connectivity index (χ3v) is 3.63. The van der Waals surface area contributed by atoms with Crippen LogP contribution in [0.25, 0.3) is 0 Å². The van der Waals surface area contributed by atoms with Crippen LogP contribution < -0.4 is 10.6 Å². The first-order chi connectivity index (χ1) is 11.0. The van der Waals surface area contributed by atoms with Crippen molar-refractivity contribution >= 4 is 11.8 Å². The number of halogens is 1. The summed E-state index contributed by atoms with van der Waals surface area (Å²) in [7, 11) is 0. The van der Waals surface area contributed by atoms with Gasteiger partial charge in [-0.2, -0.15) is 0 Å². The molecule has 0 heterocycles. The minimum Gasteiger partial charge on any atom is -0.355 e. The van der Waals surface area contributed by atoms with Gasteiger partial charge in [0.25, 0.3) is 0 Å². The predicted octanol–water partition coefficient (Wildman–Crippen LogP) is 1.68. The maximum atomic E-state index is 12.8. The first-order valence-electron chi connectivity index (χ1n) is 8.05. The molecule has 0 aliphatic carbocycles. The van der Waals surface area contributed by atoms with Gasteiger partial charge in [0.2, 0.25) is 11.8 Å². The lowest BCUT2D eigenvalue weighted by atomic mass is 10.2. The molecule has 128 valence electrons. The molecule has 2 amide bonds. The number of likely N-dealkylation sites (N-methyl/N-ethyl adjacent to an activating group) is 1. The van der Waals surface area contributed by atoms with Crippen molar-refractivity contribution in [2.75, 3.05) is 26.2 Å².